The first-order chi connectivity index (χ1) is 7.99. The molecule has 90 valence electrons. The first-order valence-corrected chi connectivity index (χ1v) is 6.02. The molecule has 1 aromatic carbocycles. The van der Waals surface area contributed by atoms with E-state index in [0.29, 0.717) is 10.7 Å². The zero-order valence-electron chi connectivity index (χ0n) is 9.50. The lowest BCUT2D eigenvalue weighted by Gasteiger charge is -2.01. The summed E-state index contributed by atoms with van der Waals surface area (Å²) < 4.78 is 26.4. The third-order valence-corrected chi connectivity index (χ3v) is 3.54. The van der Waals surface area contributed by atoms with Crippen LogP contribution in [-0.4, -0.2) is 4.98 Å². The fourth-order valence-electron chi connectivity index (χ4n) is 1.47. The molecule has 0 radical (unpaired) electrons. The first-order valence-electron chi connectivity index (χ1n) is 5.20. The highest BCUT2D eigenvalue weighted by Gasteiger charge is 2.16. The number of halogens is 2. The standard InChI is InChI=1S/C12H12F2N2S/c1-6(2)12-16-10(11(15)17-12)8-4-3-7(13)5-9(8)14/h3-6H,15H2,1-2H3. The normalized spacial score (nSPS) is 11.1. The van der Waals surface area contributed by atoms with Crippen LogP contribution in [0.2, 0.25) is 0 Å². The lowest BCUT2D eigenvalue weighted by molar-refractivity contribution is 0.585. The quantitative estimate of drug-likeness (QED) is 0.885. The van der Waals surface area contributed by atoms with Crippen LogP contribution in [0, 0.1) is 11.6 Å². The number of nitrogens with two attached hydrogens (primary N) is 1. The third-order valence-electron chi connectivity index (χ3n) is 2.35. The van der Waals surface area contributed by atoms with E-state index in [1.165, 1.54) is 23.5 Å². The van der Waals surface area contributed by atoms with Crippen molar-refractivity contribution in [3.63, 3.8) is 0 Å². The molecular formula is C12H12F2N2S. The Bertz CT molecular complexity index is 549. The Hall–Kier alpha value is -1.49. The largest absolute Gasteiger partial charge is 0.389 e. The second-order valence-electron chi connectivity index (χ2n) is 4.04. The Morgan fingerprint density at radius 1 is 1.29 bits per heavy atom. The average Bonchev–Trinajstić information content (AvgIpc) is 2.61. The molecular weight excluding hydrogens is 242 g/mol. The van der Waals surface area contributed by atoms with Crippen molar-refractivity contribution in [3.05, 3.63) is 34.8 Å². The summed E-state index contributed by atoms with van der Waals surface area (Å²) in [6.45, 7) is 3.98. The van der Waals surface area contributed by atoms with Gasteiger partial charge in [-0.15, -0.1) is 11.3 Å². The number of thiazole rings is 1. The third kappa shape index (κ3) is 2.29. The topological polar surface area (TPSA) is 38.9 Å². The molecule has 0 amide bonds. The van der Waals surface area contributed by atoms with Crippen LogP contribution in [0.4, 0.5) is 13.8 Å². The van der Waals surface area contributed by atoms with Crippen molar-refractivity contribution in [3.8, 4) is 11.3 Å². The van der Waals surface area contributed by atoms with E-state index < -0.39 is 11.6 Å². The minimum absolute atomic E-state index is 0.236. The molecule has 1 aromatic heterocycles. The summed E-state index contributed by atoms with van der Waals surface area (Å²) in [5.41, 5.74) is 6.46. The van der Waals surface area contributed by atoms with Crippen LogP contribution in [0.3, 0.4) is 0 Å². The van der Waals surface area contributed by atoms with E-state index >= 15 is 0 Å². The number of hydrogen-bond acceptors (Lipinski definition) is 3. The molecule has 0 aliphatic rings. The maximum atomic E-state index is 13.6. The van der Waals surface area contributed by atoms with E-state index in [-0.39, 0.29) is 11.5 Å². The summed E-state index contributed by atoms with van der Waals surface area (Å²) in [4.78, 5) is 4.30. The van der Waals surface area contributed by atoms with Crippen LogP contribution in [0.25, 0.3) is 11.3 Å². The number of anilines is 1. The maximum absolute atomic E-state index is 13.6. The van der Waals surface area contributed by atoms with Gasteiger partial charge in [-0.25, -0.2) is 13.8 Å². The van der Waals surface area contributed by atoms with Gasteiger partial charge >= 0.3 is 0 Å². The van der Waals surface area contributed by atoms with Crippen molar-refractivity contribution in [1.82, 2.24) is 4.98 Å². The van der Waals surface area contributed by atoms with Crippen LogP contribution in [0.1, 0.15) is 24.8 Å². The maximum Gasteiger partial charge on any atom is 0.135 e. The molecule has 17 heavy (non-hydrogen) atoms. The molecule has 5 heteroatoms. The number of hydrogen-bond donors (Lipinski definition) is 1. The summed E-state index contributed by atoms with van der Waals surface area (Å²) in [6.07, 6.45) is 0. The van der Waals surface area contributed by atoms with Crippen molar-refractivity contribution >= 4 is 16.3 Å². The zero-order valence-corrected chi connectivity index (χ0v) is 10.3. The van der Waals surface area contributed by atoms with Gasteiger partial charge in [0.1, 0.15) is 22.3 Å². The van der Waals surface area contributed by atoms with Gasteiger partial charge in [-0.05, 0) is 12.1 Å². The molecule has 2 rings (SSSR count). The highest BCUT2D eigenvalue weighted by Crippen LogP contribution is 2.34. The monoisotopic (exact) mass is 254 g/mol. The van der Waals surface area contributed by atoms with E-state index in [1.54, 1.807) is 0 Å². The Morgan fingerprint density at radius 3 is 2.53 bits per heavy atom. The summed E-state index contributed by atoms with van der Waals surface area (Å²) in [6, 6.07) is 3.40. The van der Waals surface area contributed by atoms with Crippen LogP contribution >= 0.6 is 11.3 Å². The Kier molecular flexibility index (Phi) is 3.11. The molecule has 0 saturated carbocycles. The van der Waals surface area contributed by atoms with E-state index in [4.69, 9.17) is 5.73 Å². The van der Waals surface area contributed by atoms with Crippen LogP contribution in [-0.2, 0) is 0 Å². The number of aromatic nitrogens is 1. The molecule has 0 bridgehead atoms. The van der Waals surface area contributed by atoms with Gasteiger partial charge in [0.25, 0.3) is 0 Å². The molecule has 0 spiro atoms. The zero-order chi connectivity index (χ0) is 12.6. The summed E-state index contributed by atoms with van der Waals surface area (Å²) >= 11 is 1.34. The molecule has 0 fully saturated rings. The van der Waals surface area contributed by atoms with Gasteiger partial charge in [0.15, 0.2) is 0 Å². The SMILES string of the molecule is CC(C)c1nc(-c2ccc(F)cc2F)c(N)s1. The molecule has 1 heterocycles. The molecule has 0 aliphatic carbocycles. The fourth-order valence-corrected chi connectivity index (χ4v) is 2.32. The van der Waals surface area contributed by atoms with E-state index in [9.17, 15) is 8.78 Å². The highest BCUT2D eigenvalue weighted by atomic mass is 32.1. The molecule has 2 aromatic rings. The van der Waals surface area contributed by atoms with Gasteiger partial charge in [0, 0.05) is 17.5 Å². The lowest BCUT2D eigenvalue weighted by Crippen LogP contribution is -1.91. The molecule has 0 aliphatic heterocycles. The van der Waals surface area contributed by atoms with E-state index in [2.05, 4.69) is 4.98 Å². The van der Waals surface area contributed by atoms with E-state index in [0.717, 1.165) is 11.1 Å². The van der Waals surface area contributed by atoms with Gasteiger partial charge in [-0.2, -0.15) is 0 Å². The fraction of sp³-hybridized carbons (Fsp3) is 0.250. The second-order valence-corrected chi connectivity index (χ2v) is 5.11. The second kappa shape index (κ2) is 4.41. The lowest BCUT2D eigenvalue weighted by atomic mass is 10.1. The molecule has 2 nitrogen and oxygen atoms in total. The van der Waals surface area contributed by atoms with Crippen molar-refractivity contribution in [1.29, 1.82) is 0 Å². The van der Waals surface area contributed by atoms with Crippen LogP contribution < -0.4 is 5.73 Å². The van der Waals surface area contributed by atoms with Gasteiger partial charge in [0.2, 0.25) is 0 Å². The molecule has 0 atom stereocenters. The number of benzene rings is 1. The Morgan fingerprint density at radius 2 is 2.00 bits per heavy atom. The first kappa shape index (κ1) is 12.0. The van der Waals surface area contributed by atoms with Crippen molar-refractivity contribution in [2.24, 2.45) is 0 Å². The molecule has 2 N–H and O–H groups in total. The Balaban J connectivity index is 2.52. The summed E-state index contributed by atoms with van der Waals surface area (Å²) in [5, 5.41) is 1.31. The predicted molar refractivity (Wildman–Crippen MR) is 66.0 cm³/mol. The van der Waals surface area contributed by atoms with Crippen LogP contribution in [0.5, 0.6) is 0 Å². The molecule has 0 saturated heterocycles. The van der Waals surface area contributed by atoms with E-state index in [1.807, 2.05) is 13.8 Å². The van der Waals surface area contributed by atoms with Crippen LogP contribution in [0.15, 0.2) is 18.2 Å². The number of nitrogen functional groups attached to an aromatic ring is 1. The summed E-state index contributed by atoms with van der Waals surface area (Å²) in [7, 11) is 0. The van der Waals surface area contributed by atoms with Crippen molar-refractivity contribution in [2.45, 2.75) is 19.8 Å². The smallest absolute Gasteiger partial charge is 0.135 e. The van der Waals surface area contributed by atoms with Gasteiger partial charge < -0.3 is 5.73 Å². The minimum Gasteiger partial charge on any atom is -0.389 e. The number of nitrogens with zero attached hydrogens (tertiary/aromatic N) is 1. The summed E-state index contributed by atoms with van der Waals surface area (Å²) in [5.74, 6) is -1.01. The minimum atomic E-state index is -0.641. The highest BCUT2D eigenvalue weighted by molar-refractivity contribution is 7.16. The van der Waals surface area contributed by atoms with Crippen molar-refractivity contribution in [2.75, 3.05) is 5.73 Å². The van der Waals surface area contributed by atoms with Gasteiger partial charge in [0.05, 0.1) is 5.01 Å². The number of rotatable bonds is 2. The predicted octanol–water partition coefficient (Wildman–Crippen LogP) is 3.79. The molecule has 0 unspecified atom stereocenters. The van der Waals surface area contributed by atoms with Gasteiger partial charge in [-0.3, -0.25) is 0 Å². The average molecular weight is 254 g/mol. The Labute approximate surface area is 102 Å². The van der Waals surface area contributed by atoms with Gasteiger partial charge in [-0.1, -0.05) is 13.8 Å². The van der Waals surface area contributed by atoms with Crippen molar-refractivity contribution < 1.29 is 8.78 Å².